The minimum atomic E-state index is 0.0380. The average Bonchev–Trinajstić information content (AvgIpc) is 3.01. The van der Waals surface area contributed by atoms with Crippen molar-refractivity contribution in [2.24, 2.45) is 5.92 Å². The van der Waals surface area contributed by atoms with Gasteiger partial charge in [-0.3, -0.25) is 9.69 Å². The number of piperidine rings is 1. The second-order valence-electron chi connectivity index (χ2n) is 6.92. The van der Waals surface area contributed by atoms with Crippen LogP contribution < -0.4 is 5.32 Å². The van der Waals surface area contributed by atoms with Crippen molar-refractivity contribution in [1.82, 2.24) is 10.2 Å². The van der Waals surface area contributed by atoms with E-state index in [1.165, 1.54) is 0 Å². The molecule has 0 aromatic carbocycles. The molecule has 2 saturated heterocycles. The lowest BCUT2D eigenvalue weighted by Crippen LogP contribution is -2.52. The Morgan fingerprint density at radius 2 is 2.23 bits per heavy atom. The summed E-state index contributed by atoms with van der Waals surface area (Å²) in [6, 6.07) is 4.89. The molecule has 0 radical (unpaired) electrons. The second-order valence-corrected chi connectivity index (χ2v) is 6.92. The Morgan fingerprint density at radius 3 is 2.95 bits per heavy atom. The molecule has 3 atom stereocenters. The van der Waals surface area contributed by atoms with Crippen molar-refractivity contribution in [2.45, 2.75) is 57.3 Å². The van der Waals surface area contributed by atoms with Gasteiger partial charge in [-0.15, -0.1) is 0 Å². The van der Waals surface area contributed by atoms with Gasteiger partial charge in [0, 0.05) is 25.2 Å². The predicted molar refractivity (Wildman–Crippen MR) is 81.3 cm³/mol. The summed E-state index contributed by atoms with van der Waals surface area (Å²) < 4.78 is 11.6. The Labute approximate surface area is 131 Å². The maximum Gasteiger partial charge on any atom is 0.224 e. The van der Waals surface area contributed by atoms with Crippen LogP contribution in [0.4, 0.5) is 0 Å². The lowest BCUT2D eigenvalue weighted by molar-refractivity contribution is -0.130. The average molecular weight is 304 g/mol. The Morgan fingerprint density at radius 1 is 1.36 bits per heavy atom. The lowest BCUT2D eigenvalue weighted by Gasteiger charge is -2.39. The molecule has 1 N–H and O–H groups in total. The maximum atomic E-state index is 12.4. The van der Waals surface area contributed by atoms with Crippen molar-refractivity contribution in [3.8, 4) is 0 Å². The van der Waals surface area contributed by atoms with Gasteiger partial charge in [0.05, 0.1) is 18.6 Å². The van der Waals surface area contributed by atoms with Crippen molar-refractivity contribution in [3.63, 3.8) is 0 Å². The maximum absolute atomic E-state index is 12.4. The van der Waals surface area contributed by atoms with Crippen LogP contribution in [0, 0.1) is 12.8 Å². The number of carbonyl (C=O) groups excluding carboxylic acids is 1. The third-order valence-electron chi connectivity index (χ3n) is 5.06. The Hall–Kier alpha value is -1.33. The summed E-state index contributed by atoms with van der Waals surface area (Å²) in [6.07, 6.45) is 4.38. The molecule has 120 valence electrons. The number of nitrogens with one attached hydrogen (secondary N) is 1. The molecule has 22 heavy (non-hydrogen) atoms. The Kier molecular flexibility index (Phi) is 3.70. The van der Waals surface area contributed by atoms with E-state index in [1.54, 1.807) is 0 Å². The molecule has 3 heterocycles. The van der Waals surface area contributed by atoms with Crippen LogP contribution in [0.5, 0.6) is 0 Å². The van der Waals surface area contributed by atoms with E-state index in [1.807, 2.05) is 19.1 Å². The number of amides is 1. The molecule has 4 rings (SSSR count). The highest BCUT2D eigenvalue weighted by Crippen LogP contribution is 2.33. The Balaban J connectivity index is 1.46. The predicted octanol–water partition coefficient (Wildman–Crippen LogP) is 1.85. The van der Waals surface area contributed by atoms with Crippen LogP contribution in [0.1, 0.15) is 37.2 Å². The summed E-state index contributed by atoms with van der Waals surface area (Å²) in [5.74, 6) is 2.16. The zero-order valence-corrected chi connectivity index (χ0v) is 13.1. The van der Waals surface area contributed by atoms with Gasteiger partial charge in [-0.1, -0.05) is 0 Å². The number of hydrogen-bond acceptors (Lipinski definition) is 4. The van der Waals surface area contributed by atoms with Gasteiger partial charge in [0.2, 0.25) is 5.91 Å². The van der Waals surface area contributed by atoms with E-state index in [2.05, 4.69) is 10.2 Å². The highest BCUT2D eigenvalue weighted by molar-refractivity contribution is 5.79. The van der Waals surface area contributed by atoms with Gasteiger partial charge < -0.3 is 14.5 Å². The summed E-state index contributed by atoms with van der Waals surface area (Å²) in [4.78, 5) is 14.8. The monoisotopic (exact) mass is 304 g/mol. The smallest absolute Gasteiger partial charge is 0.224 e. The first kappa shape index (κ1) is 14.3. The number of aryl methyl sites for hydroxylation is 1. The van der Waals surface area contributed by atoms with Gasteiger partial charge in [0.1, 0.15) is 11.5 Å². The van der Waals surface area contributed by atoms with Crippen LogP contribution in [-0.4, -0.2) is 42.1 Å². The summed E-state index contributed by atoms with van der Waals surface area (Å²) in [5, 5.41) is 3.15. The van der Waals surface area contributed by atoms with Crippen LogP contribution in [0.2, 0.25) is 0 Å². The summed E-state index contributed by atoms with van der Waals surface area (Å²) in [7, 11) is 0. The molecular weight excluding hydrogens is 280 g/mol. The van der Waals surface area contributed by atoms with E-state index in [-0.39, 0.29) is 17.9 Å². The normalized spacial score (nSPS) is 32.0. The first-order chi connectivity index (χ1) is 10.7. The summed E-state index contributed by atoms with van der Waals surface area (Å²) >= 11 is 0. The van der Waals surface area contributed by atoms with Gasteiger partial charge in [0.25, 0.3) is 0 Å². The molecule has 1 saturated carbocycles. The fourth-order valence-corrected chi connectivity index (χ4v) is 3.74. The molecule has 5 nitrogen and oxygen atoms in total. The number of rotatable bonds is 4. The quantitative estimate of drug-likeness (QED) is 0.922. The Bertz CT molecular complexity index is 552. The van der Waals surface area contributed by atoms with Crippen LogP contribution in [-0.2, 0) is 16.1 Å². The number of carbonyl (C=O) groups is 1. The fraction of sp³-hybridized carbons (Fsp3) is 0.706. The summed E-state index contributed by atoms with van der Waals surface area (Å²) in [6.45, 7) is 4.35. The minimum absolute atomic E-state index is 0.0380. The third kappa shape index (κ3) is 2.92. The van der Waals surface area contributed by atoms with E-state index in [4.69, 9.17) is 9.15 Å². The van der Waals surface area contributed by atoms with Gasteiger partial charge in [-0.05, 0) is 44.7 Å². The molecule has 5 heteroatoms. The molecule has 1 aromatic rings. The molecule has 1 aromatic heterocycles. The highest BCUT2D eigenvalue weighted by Gasteiger charge is 2.43. The van der Waals surface area contributed by atoms with E-state index in [0.717, 1.165) is 56.9 Å². The number of hydrogen-bond donors (Lipinski definition) is 1. The van der Waals surface area contributed by atoms with E-state index in [0.29, 0.717) is 12.1 Å². The molecule has 0 bridgehead atoms. The number of fused-ring (bicyclic) bond motifs is 1. The van der Waals surface area contributed by atoms with Gasteiger partial charge >= 0.3 is 0 Å². The van der Waals surface area contributed by atoms with Crippen molar-refractivity contribution in [2.75, 3.05) is 13.2 Å². The van der Waals surface area contributed by atoms with E-state index < -0.39 is 0 Å². The summed E-state index contributed by atoms with van der Waals surface area (Å²) in [5.41, 5.74) is 0. The van der Waals surface area contributed by atoms with Crippen molar-refractivity contribution < 1.29 is 13.9 Å². The molecule has 0 spiro atoms. The SMILES string of the molecule is Cc1ccc(CN2C[C@H](C(=O)NC3CC3)C[C@@H]3OCC[C@@H]32)o1. The van der Waals surface area contributed by atoms with Crippen LogP contribution >= 0.6 is 0 Å². The van der Waals surface area contributed by atoms with Gasteiger partial charge in [-0.25, -0.2) is 0 Å². The molecule has 2 aliphatic heterocycles. The number of likely N-dealkylation sites (tertiary alicyclic amines) is 1. The molecule has 1 aliphatic carbocycles. The van der Waals surface area contributed by atoms with Crippen molar-refractivity contribution >= 4 is 5.91 Å². The molecule has 1 amide bonds. The fourth-order valence-electron chi connectivity index (χ4n) is 3.74. The topological polar surface area (TPSA) is 54.7 Å². The molecule has 0 unspecified atom stereocenters. The number of ether oxygens (including phenoxy) is 1. The van der Waals surface area contributed by atoms with Gasteiger partial charge in [-0.2, -0.15) is 0 Å². The second kappa shape index (κ2) is 5.70. The minimum Gasteiger partial charge on any atom is -0.465 e. The first-order valence-electron chi connectivity index (χ1n) is 8.40. The highest BCUT2D eigenvalue weighted by atomic mass is 16.5. The van der Waals surface area contributed by atoms with Crippen molar-refractivity contribution in [3.05, 3.63) is 23.7 Å². The molecule has 3 aliphatic rings. The largest absolute Gasteiger partial charge is 0.465 e. The number of nitrogens with zero attached hydrogens (tertiary/aromatic N) is 1. The lowest BCUT2D eigenvalue weighted by atomic mass is 9.89. The van der Waals surface area contributed by atoms with Crippen LogP contribution in [0.15, 0.2) is 16.5 Å². The van der Waals surface area contributed by atoms with E-state index >= 15 is 0 Å². The van der Waals surface area contributed by atoms with E-state index in [9.17, 15) is 4.79 Å². The number of furan rings is 1. The molecular formula is C17H24N2O3. The zero-order chi connectivity index (χ0) is 15.1. The molecule has 3 fully saturated rings. The standard InChI is InChI=1S/C17H24N2O3/c1-11-2-5-14(22-11)10-19-9-12(17(20)18-13-3-4-13)8-16-15(19)6-7-21-16/h2,5,12-13,15-16H,3-4,6-10H2,1H3,(H,18,20)/t12-,15+,16+/m1/s1. The van der Waals surface area contributed by atoms with Crippen LogP contribution in [0.25, 0.3) is 0 Å². The zero-order valence-electron chi connectivity index (χ0n) is 13.1. The van der Waals surface area contributed by atoms with Crippen molar-refractivity contribution in [1.29, 1.82) is 0 Å². The van der Waals surface area contributed by atoms with Crippen LogP contribution in [0.3, 0.4) is 0 Å². The van der Waals surface area contributed by atoms with Gasteiger partial charge in [0.15, 0.2) is 0 Å². The first-order valence-corrected chi connectivity index (χ1v) is 8.40. The third-order valence-corrected chi connectivity index (χ3v) is 5.06.